The zero-order chi connectivity index (χ0) is 11.9. The summed E-state index contributed by atoms with van der Waals surface area (Å²) in [4.78, 5) is 26.0. The SMILES string of the molecule is O=C1CC2(CCCC2)C(=O)N1CC1CCNC1. The van der Waals surface area contributed by atoms with Crippen LogP contribution in [-0.4, -0.2) is 36.3 Å². The predicted molar refractivity (Wildman–Crippen MR) is 63.2 cm³/mol. The van der Waals surface area contributed by atoms with Gasteiger partial charge in [0.15, 0.2) is 0 Å². The van der Waals surface area contributed by atoms with E-state index < -0.39 is 0 Å². The number of hydrogen-bond donors (Lipinski definition) is 1. The normalized spacial score (nSPS) is 32.0. The molecule has 1 unspecified atom stereocenters. The van der Waals surface area contributed by atoms with Crippen LogP contribution in [0.4, 0.5) is 0 Å². The summed E-state index contributed by atoms with van der Waals surface area (Å²) in [5.74, 6) is 0.676. The maximum atomic E-state index is 12.4. The van der Waals surface area contributed by atoms with Gasteiger partial charge in [-0.2, -0.15) is 0 Å². The highest BCUT2D eigenvalue weighted by molar-refractivity contribution is 6.06. The molecule has 0 aromatic heterocycles. The van der Waals surface area contributed by atoms with Crippen molar-refractivity contribution in [3.05, 3.63) is 0 Å². The third-order valence-corrected chi connectivity index (χ3v) is 4.65. The summed E-state index contributed by atoms with van der Waals surface area (Å²) < 4.78 is 0. The first-order chi connectivity index (χ1) is 8.21. The van der Waals surface area contributed by atoms with Crippen LogP contribution in [-0.2, 0) is 9.59 Å². The lowest BCUT2D eigenvalue weighted by atomic mass is 9.84. The summed E-state index contributed by atoms with van der Waals surface area (Å²) >= 11 is 0. The Bertz CT molecular complexity index is 341. The maximum Gasteiger partial charge on any atom is 0.235 e. The van der Waals surface area contributed by atoms with Crippen LogP contribution in [0.5, 0.6) is 0 Å². The summed E-state index contributed by atoms with van der Waals surface area (Å²) in [7, 11) is 0. The van der Waals surface area contributed by atoms with Crippen LogP contribution < -0.4 is 5.32 Å². The van der Waals surface area contributed by atoms with Gasteiger partial charge < -0.3 is 5.32 Å². The molecule has 0 aromatic rings. The van der Waals surface area contributed by atoms with E-state index >= 15 is 0 Å². The molecule has 4 heteroatoms. The Labute approximate surface area is 102 Å². The van der Waals surface area contributed by atoms with Crippen LogP contribution in [0.3, 0.4) is 0 Å². The number of rotatable bonds is 2. The van der Waals surface area contributed by atoms with Gasteiger partial charge in [0, 0.05) is 13.0 Å². The highest BCUT2D eigenvalue weighted by atomic mass is 16.2. The van der Waals surface area contributed by atoms with E-state index in [-0.39, 0.29) is 17.2 Å². The van der Waals surface area contributed by atoms with Crippen LogP contribution in [0.1, 0.15) is 38.5 Å². The molecule has 2 saturated heterocycles. The van der Waals surface area contributed by atoms with Crippen molar-refractivity contribution in [1.29, 1.82) is 0 Å². The number of imide groups is 1. The van der Waals surface area contributed by atoms with Crippen molar-refractivity contribution in [3.63, 3.8) is 0 Å². The van der Waals surface area contributed by atoms with Crippen molar-refractivity contribution < 1.29 is 9.59 Å². The standard InChI is InChI=1S/C13H20N2O2/c16-11-7-13(4-1-2-5-13)12(17)15(11)9-10-3-6-14-8-10/h10,14H,1-9H2. The first-order valence-corrected chi connectivity index (χ1v) is 6.77. The summed E-state index contributed by atoms with van der Waals surface area (Å²) in [6.07, 6.45) is 5.64. The fourth-order valence-electron chi connectivity index (χ4n) is 3.62. The second-order valence-electron chi connectivity index (χ2n) is 5.83. The second-order valence-corrected chi connectivity index (χ2v) is 5.83. The summed E-state index contributed by atoms with van der Waals surface area (Å²) in [5, 5.41) is 3.29. The number of hydrogen-bond acceptors (Lipinski definition) is 3. The number of carbonyl (C=O) groups is 2. The first-order valence-electron chi connectivity index (χ1n) is 6.77. The lowest BCUT2D eigenvalue weighted by Gasteiger charge is -2.22. The van der Waals surface area contributed by atoms with Gasteiger partial charge in [0.2, 0.25) is 11.8 Å². The zero-order valence-corrected chi connectivity index (χ0v) is 10.2. The fraction of sp³-hybridized carbons (Fsp3) is 0.846. The van der Waals surface area contributed by atoms with Gasteiger partial charge in [-0.05, 0) is 38.3 Å². The Hall–Kier alpha value is -0.900. The zero-order valence-electron chi connectivity index (χ0n) is 10.2. The molecule has 1 spiro atoms. The molecule has 3 rings (SSSR count). The monoisotopic (exact) mass is 236 g/mol. The Balaban J connectivity index is 1.72. The van der Waals surface area contributed by atoms with Crippen LogP contribution in [0.25, 0.3) is 0 Å². The average molecular weight is 236 g/mol. The molecule has 2 aliphatic heterocycles. The van der Waals surface area contributed by atoms with E-state index in [1.807, 2.05) is 0 Å². The lowest BCUT2D eigenvalue weighted by molar-refractivity contribution is -0.142. The average Bonchev–Trinajstić information content (AvgIpc) is 2.99. The van der Waals surface area contributed by atoms with E-state index in [0.717, 1.165) is 45.2 Å². The summed E-state index contributed by atoms with van der Waals surface area (Å²) in [6, 6.07) is 0. The molecule has 1 aliphatic carbocycles. The smallest absolute Gasteiger partial charge is 0.235 e. The largest absolute Gasteiger partial charge is 0.316 e. The quantitative estimate of drug-likeness (QED) is 0.725. The van der Waals surface area contributed by atoms with Crippen molar-refractivity contribution in [3.8, 4) is 0 Å². The summed E-state index contributed by atoms with van der Waals surface area (Å²) in [5.41, 5.74) is -0.289. The molecule has 94 valence electrons. The topological polar surface area (TPSA) is 49.4 Å². The minimum atomic E-state index is -0.289. The van der Waals surface area contributed by atoms with E-state index in [2.05, 4.69) is 5.32 Å². The number of nitrogens with zero attached hydrogens (tertiary/aromatic N) is 1. The van der Waals surface area contributed by atoms with Gasteiger partial charge in [0.05, 0.1) is 5.41 Å². The van der Waals surface area contributed by atoms with Gasteiger partial charge in [-0.15, -0.1) is 0 Å². The molecule has 0 bridgehead atoms. The molecule has 3 aliphatic rings. The number of likely N-dealkylation sites (tertiary alicyclic amines) is 1. The molecule has 1 saturated carbocycles. The fourth-order valence-corrected chi connectivity index (χ4v) is 3.62. The lowest BCUT2D eigenvalue weighted by Crippen LogP contribution is -2.38. The molecule has 2 heterocycles. The highest BCUT2D eigenvalue weighted by Gasteiger charge is 2.52. The van der Waals surface area contributed by atoms with E-state index in [4.69, 9.17) is 0 Å². The number of nitrogens with one attached hydrogen (secondary N) is 1. The van der Waals surface area contributed by atoms with Crippen molar-refractivity contribution in [2.24, 2.45) is 11.3 Å². The number of carbonyl (C=O) groups excluding carboxylic acids is 2. The molecule has 2 amide bonds. The van der Waals surface area contributed by atoms with Gasteiger partial charge in [-0.1, -0.05) is 12.8 Å². The molecule has 17 heavy (non-hydrogen) atoms. The first kappa shape index (κ1) is 11.2. The third kappa shape index (κ3) is 1.79. The Morgan fingerprint density at radius 3 is 2.71 bits per heavy atom. The molecular formula is C13H20N2O2. The molecule has 1 atom stereocenters. The molecule has 3 fully saturated rings. The van der Waals surface area contributed by atoms with Crippen LogP contribution >= 0.6 is 0 Å². The number of amides is 2. The maximum absolute atomic E-state index is 12.4. The molecule has 0 aromatic carbocycles. The van der Waals surface area contributed by atoms with Crippen LogP contribution in [0.2, 0.25) is 0 Å². The highest BCUT2D eigenvalue weighted by Crippen LogP contribution is 2.47. The van der Waals surface area contributed by atoms with E-state index in [1.165, 1.54) is 0 Å². The Kier molecular flexibility index (Phi) is 2.69. The van der Waals surface area contributed by atoms with Crippen LogP contribution in [0.15, 0.2) is 0 Å². The third-order valence-electron chi connectivity index (χ3n) is 4.65. The van der Waals surface area contributed by atoms with E-state index in [1.54, 1.807) is 4.90 Å². The van der Waals surface area contributed by atoms with E-state index in [9.17, 15) is 9.59 Å². The molecule has 1 N–H and O–H groups in total. The second kappa shape index (κ2) is 4.09. The van der Waals surface area contributed by atoms with Gasteiger partial charge in [-0.25, -0.2) is 0 Å². The minimum absolute atomic E-state index is 0.0730. The van der Waals surface area contributed by atoms with Crippen LogP contribution in [0, 0.1) is 11.3 Å². The van der Waals surface area contributed by atoms with Crippen molar-refractivity contribution in [1.82, 2.24) is 10.2 Å². The summed E-state index contributed by atoms with van der Waals surface area (Å²) in [6.45, 7) is 2.61. The van der Waals surface area contributed by atoms with Gasteiger partial charge >= 0.3 is 0 Å². The van der Waals surface area contributed by atoms with Gasteiger partial charge in [-0.3, -0.25) is 14.5 Å². The van der Waals surface area contributed by atoms with Crippen molar-refractivity contribution in [2.45, 2.75) is 38.5 Å². The minimum Gasteiger partial charge on any atom is -0.316 e. The Morgan fingerprint density at radius 2 is 2.06 bits per heavy atom. The van der Waals surface area contributed by atoms with Gasteiger partial charge in [0.25, 0.3) is 0 Å². The Morgan fingerprint density at radius 1 is 1.29 bits per heavy atom. The molecule has 0 radical (unpaired) electrons. The van der Waals surface area contributed by atoms with Gasteiger partial charge in [0.1, 0.15) is 0 Å². The molecule has 4 nitrogen and oxygen atoms in total. The predicted octanol–water partition coefficient (Wildman–Crippen LogP) is 0.915. The van der Waals surface area contributed by atoms with Crippen molar-refractivity contribution >= 4 is 11.8 Å². The van der Waals surface area contributed by atoms with E-state index in [0.29, 0.717) is 18.9 Å². The molecular weight excluding hydrogens is 216 g/mol. The van der Waals surface area contributed by atoms with Crippen molar-refractivity contribution in [2.75, 3.05) is 19.6 Å².